The second kappa shape index (κ2) is 4.66. The van der Waals surface area contributed by atoms with E-state index in [2.05, 4.69) is 15.4 Å². The highest BCUT2D eigenvalue weighted by Crippen LogP contribution is 2.23. The molecule has 0 saturated heterocycles. The molecule has 2 aromatic rings. The zero-order valence-electron chi connectivity index (χ0n) is 9.51. The lowest BCUT2D eigenvalue weighted by Crippen LogP contribution is -2.12. The number of nitrogens with zero attached hydrogens (tertiary/aromatic N) is 2. The molecule has 0 spiro atoms. The minimum Gasteiger partial charge on any atom is -0.427 e. The Morgan fingerprint density at radius 2 is 2.11 bits per heavy atom. The van der Waals surface area contributed by atoms with Crippen molar-refractivity contribution >= 4 is 11.9 Å². The molecule has 92 valence electrons. The van der Waals surface area contributed by atoms with Gasteiger partial charge in [-0.3, -0.25) is 9.59 Å². The first-order valence-corrected chi connectivity index (χ1v) is 5.07. The largest absolute Gasteiger partial charge is 0.427 e. The standard InChI is InChI=1S/C11H10N4O3/c1-6(16)18-8-4-2-3-7(5-8)9-10(11(12)17)14-15-13-9/h2-5H,1H3,(H2,12,17)(H,13,14,15). The lowest BCUT2D eigenvalue weighted by molar-refractivity contribution is -0.131. The lowest BCUT2D eigenvalue weighted by atomic mass is 10.1. The predicted molar refractivity (Wildman–Crippen MR) is 61.6 cm³/mol. The first-order valence-electron chi connectivity index (χ1n) is 5.07. The van der Waals surface area contributed by atoms with Gasteiger partial charge in [-0.1, -0.05) is 12.1 Å². The molecule has 2 rings (SSSR count). The van der Waals surface area contributed by atoms with Crippen molar-refractivity contribution < 1.29 is 14.3 Å². The van der Waals surface area contributed by atoms with Gasteiger partial charge < -0.3 is 10.5 Å². The van der Waals surface area contributed by atoms with Gasteiger partial charge in [-0.05, 0) is 12.1 Å². The molecular formula is C11H10N4O3. The van der Waals surface area contributed by atoms with E-state index in [9.17, 15) is 9.59 Å². The Morgan fingerprint density at radius 1 is 1.33 bits per heavy atom. The fourth-order valence-electron chi connectivity index (χ4n) is 1.48. The highest BCUT2D eigenvalue weighted by molar-refractivity contribution is 5.96. The predicted octanol–water partition coefficient (Wildman–Crippen LogP) is 0.496. The van der Waals surface area contributed by atoms with Crippen molar-refractivity contribution in [1.82, 2.24) is 15.4 Å². The maximum atomic E-state index is 11.1. The smallest absolute Gasteiger partial charge is 0.308 e. The molecule has 0 bridgehead atoms. The van der Waals surface area contributed by atoms with Gasteiger partial charge >= 0.3 is 5.97 Å². The molecule has 18 heavy (non-hydrogen) atoms. The first kappa shape index (κ1) is 11.8. The zero-order chi connectivity index (χ0) is 13.1. The number of benzene rings is 1. The summed E-state index contributed by atoms with van der Waals surface area (Å²) in [5, 5.41) is 9.84. The van der Waals surface area contributed by atoms with E-state index < -0.39 is 11.9 Å². The molecule has 0 aliphatic heterocycles. The fraction of sp³-hybridized carbons (Fsp3) is 0.0909. The van der Waals surface area contributed by atoms with Crippen LogP contribution in [0.3, 0.4) is 0 Å². The minimum atomic E-state index is -0.684. The molecule has 1 aromatic carbocycles. The van der Waals surface area contributed by atoms with E-state index in [-0.39, 0.29) is 5.69 Å². The highest BCUT2D eigenvalue weighted by atomic mass is 16.5. The summed E-state index contributed by atoms with van der Waals surface area (Å²) in [4.78, 5) is 22.0. The molecule has 7 heteroatoms. The molecule has 0 saturated carbocycles. The van der Waals surface area contributed by atoms with Gasteiger partial charge in [0, 0.05) is 12.5 Å². The Morgan fingerprint density at radius 3 is 2.78 bits per heavy atom. The van der Waals surface area contributed by atoms with Crippen LogP contribution in [0.5, 0.6) is 5.75 Å². The Bertz CT molecular complexity index is 606. The van der Waals surface area contributed by atoms with Crippen molar-refractivity contribution in [2.75, 3.05) is 0 Å². The molecule has 0 unspecified atom stereocenters. The van der Waals surface area contributed by atoms with Gasteiger partial charge in [-0.15, -0.1) is 0 Å². The summed E-state index contributed by atoms with van der Waals surface area (Å²) in [6.45, 7) is 1.30. The van der Waals surface area contributed by atoms with Crippen LogP contribution in [0.15, 0.2) is 24.3 Å². The summed E-state index contributed by atoms with van der Waals surface area (Å²) < 4.78 is 4.94. The number of ether oxygens (including phenoxy) is 1. The number of aromatic amines is 1. The number of H-pyrrole nitrogens is 1. The quantitative estimate of drug-likeness (QED) is 0.605. The molecule has 7 nitrogen and oxygen atoms in total. The Balaban J connectivity index is 2.41. The van der Waals surface area contributed by atoms with E-state index >= 15 is 0 Å². The molecule has 1 amide bonds. The lowest BCUT2D eigenvalue weighted by Gasteiger charge is -2.03. The van der Waals surface area contributed by atoms with E-state index in [1.165, 1.54) is 6.92 Å². The van der Waals surface area contributed by atoms with E-state index in [1.807, 2.05) is 0 Å². The molecule has 3 N–H and O–H groups in total. The maximum Gasteiger partial charge on any atom is 0.308 e. The topological polar surface area (TPSA) is 111 Å². The molecule has 1 aromatic heterocycles. The summed E-state index contributed by atoms with van der Waals surface area (Å²) in [5.41, 5.74) is 6.10. The molecule has 0 fully saturated rings. The summed E-state index contributed by atoms with van der Waals surface area (Å²) in [7, 11) is 0. The molecule has 0 atom stereocenters. The molecule has 0 radical (unpaired) electrons. The van der Waals surface area contributed by atoms with Crippen molar-refractivity contribution in [3.63, 3.8) is 0 Å². The van der Waals surface area contributed by atoms with Crippen molar-refractivity contribution in [3.05, 3.63) is 30.0 Å². The van der Waals surface area contributed by atoms with Gasteiger partial charge in [0.25, 0.3) is 5.91 Å². The summed E-state index contributed by atoms with van der Waals surface area (Å²) in [6.07, 6.45) is 0. The summed E-state index contributed by atoms with van der Waals surface area (Å²) >= 11 is 0. The third kappa shape index (κ3) is 2.34. The monoisotopic (exact) mass is 246 g/mol. The summed E-state index contributed by atoms with van der Waals surface area (Å²) in [6, 6.07) is 6.57. The van der Waals surface area contributed by atoms with Crippen LogP contribution in [0.1, 0.15) is 17.4 Å². The number of esters is 1. The Hall–Kier alpha value is -2.70. The van der Waals surface area contributed by atoms with E-state index in [4.69, 9.17) is 10.5 Å². The summed E-state index contributed by atoms with van der Waals surface area (Å²) in [5.74, 6) is -0.752. The number of hydrogen-bond acceptors (Lipinski definition) is 5. The van der Waals surface area contributed by atoms with Crippen LogP contribution in [-0.2, 0) is 4.79 Å². The van der Waals surface area contributed by atoms with Crippen molar-refractivity contribution in [2.45, 2.75) is 6.92 Å². The second-order valence-corrected chi connectivity index (χ2v) is 3.51. The first-order chi connectivity index (χ1) is 8.58. The Kier molecular flexibility index (Phi) is 3.05. The van der Waals surface area contributed by atoms with E-state index in [0.29, 0.717) is 17.0 Å². The van der Waals surface area contributed by atoms with Gasteiger partial charge in [0.1, 0.15) is 11.4 Å². The third-order valence-electron chi connectivity index (χ3n) is 2.15. The average Bonchev–Trinajstić information content (AvgIpc) is 2.77. The SMILES string of the molecule is CC(=O)Oc1cccc(-c2n[nH]nc2C(N)=O)c1. The number of primary amides is 1. The highest BCUT2D eigenvalue weighted by Gasteiger charge is 2.15. The van der Waals surface area contributed by atoms with Crippen LogP contribution in [-0.4, -0.2) is 27.3 Å². The van der Waals surface area contributed by atoms with Crippen LogP contribution < -0.4 is 10.5 Å². The number of rotatable bonds is 3. The van der Waals surface area contributed by atoms with Gasteiger partial charge in [-0.2, -0.15) is 15.4 Å². The fourth-order valence-corrected chi connectivity index (χ4v) is 1.48. The van der Waals surface area contributed by atoms with E-state index in [1.54, 1.807) is 24.3 Å². The molecule has 1 heterocycles. The normalized spacial score (nSPS) is 10.1. The van der Waals surface area contributed by atoms with Gasteiger partial charge in [0.2, 0.25) is 0 Å². The number of amides is 1. The van der Waals surface area contributed by atoms with Gasteiger partial charge in [0.05, 0.1) is 0 Å². The maximum absolute atomic E-state index is 11.1. The Labute approximate surface area is 102 Å². The van der Waals surface area contributed by atoms with Crippen LogP contribution in [0.4, 0.5) is 0 Å². The zero-order valence-corrected chi connectivity index (χ0v) is 9.51. The van der Waals surface area contributed by atoms with Crippen LogP contribution >= 0.6 is 0 Å². The average molecular weight is 246 g/mol. The number of carbonyl (C=O) groups excluding carboxylic acids is 2. The number of aromatic nitrogens is 3. The van der Waals surface area contributed by atoms with Crippen LogP contribution in [0.2, 0.25) is 0 Å². The minimum absolute atomic E-state index is 0.0370. The van der Waals surface area contributed by atoms with Crippen molar-refractivity contribution in [2.24, 2.45) is 5.73 Å². The molecule has 0 aliphatic carbocycles. The van der Waals surface area contributed by atoms with Crippen LogP contribution in [0, 0.1) is 0 Å². The van der Waals surface area contributed by atoms with Gasteiger partial charge in [-0.25, -0.2) is 0 Å². The molecule has 0 aliphatic rings. The number of hydrogen-bond donors (Lipinski definition) is 2. The van der Waals surface area contributed by atoms with Crippen molar-refractivity contribution in [3.8, 4) is 17.0 Å². The van der Waals surface area contributed by atoms with Crippen molar-refractivity contribution in [1.29, 1.82) is 0 Å². The third-order valence-corrected chi connectivity index (χ3v) is 2.15. The number of carbonyl (C=O) groups is 2. The second-order valence-electron chi connectivity index (χ2n) is 3.51. The van der Waals surface area contributed by atoms with E-state index in [0.717, 1.165) is 0 Å². The number of nitrogens with two attached hydrogens (primary N) is 1. The van der Waals surface area contributed by atoms with Crippen LogP contribution in [0.25, 0.3) is 11.3 Å². The molecular weight excluding hydrogens is 236 g/mol. The number of nitrogens with one attached hydrogen (secondary N) is 1. The van der Waals surface area contributed by atoms with Gasteiger partial charge in [0.15, 0.2) is 5.69 Å².